The van der Waals surface area contributed by atoms with Crippen LogP contribution in [-0.4, -0.2) is 30.7 Å². The lowest BCUT2D eigenvalue weighted by atomic mass is 10.1. The van der Waals surface area contributed by atoms with Crippen LogP contribution in [-0.2, 0) is 6.42 Å². The molecule has 0 amide bonds. The molecule has 1 rings (SSSR count). The molecule has 16 heavy (non-hydrogen) atoms. The lowest BCUT2D eigenvalue weighted by Crippen LogP contribution is -2.36. The summed E-state index contributed by atoms with van der Waals surface area (Å²) < 4.78 is 12.3. The number of halogens is 1. The van der Waals surface area contributed by atoms with Crippen LogP contribution in [0.3, 0.4) is 0 Å². The summed E-state index contributed by atoms with van der Waals surface area (Å²) in [5, 5.41) is 8.66. The number of nitriles is 1. The summed E-state index contributed by atoms with van der Waals surface area (Å²) in [7, 11) is 0. The van der Waals surface area contributed by atoms with Crippen LogP contribution in [0.15, 0.2) is 30.3 Å². The standard InChI is InChI=1S/C13H17FN2/c1-12(16(9-7-14)10-8-15)11-13-5-3-2-4-6-13/h2-6,12H,7,9-11H2,1H3/t12-/m1/s1. The molecule has 0 saturated heterocycles. The normalized spacial score (nSPS) is 12.4. The van der Waals surface area contributed by atoms with Crippen LogP contribution in [0.5, 0.6) is 0 Å². The van der Waals surface area contributed by atoms with Crippen molar-refractivity contribution in [1.82, 2.24) is 4.90 Å². The molecule has 0 aliphatic heterocycles. The molecule has 1 aromatic carbocycles. The lowest BCUT2D eigenvalue weighted by molar-refractivity contribution is 0.213. The predicted octanol–water partition coefficient (Wildman–Crippen LogP) is 2.41. The van der Waals surface area contributed by atoms with E-state index in [1.807, 2.05) is 30.0 Å². The Hall–Kier alpha value is -1.40. The minimum atomic E-state index is -0.402. The highest BCUT2D eigenvalue weighted by Crippen LogP contribution is 2.08. The van der Waals surface area contributed by atoms with Gasteiger partial charge in [-0.2, -0.15) is 5.26 Å². The summed E-state index contributed by atoms with van der Waals surface area (Å²) in [5.41, 5.74) is 1.22. The van der Waals surface area contributed by atoms with Gasteiger partial charge in [-0.3, -0.25) is 4.90 Å². The summed E-state index contributed by atoms with van der Waals surface area (Å²) in [6.45, 7) is 2.25. The molecule has 0 spiro atoms. The zero-order valence-electron chi connectivity index (χ0n) is 9.56. The van der Waals surface area contributed by atoms with Crippen molar-refractivity contribution in [3.05, 3.63) is 35.9 Å². The second kappa shape index (κ2) is 6.97. The number of hydrogen-bond donors (Lipinski definition) is 0. The summed E-state index contributed by atoms with van der Waals surface area (Å²) in [5.74, 6) is 0. The third-order valence-corrected chi connectivity index (χ3v) is 2.64. The monoisotopic (exact) mass is 220 g/mol. The largest absolute Gasteiger partial charge is 0.285 e. The highest BCUT2D eigenvalue weighted by atomic mass is 19.1. The van der Waals surface area contributed by atoms with Crippen LogP contribution >= 0.6 is 0 Å². The first-order valence-corrected chi connectivity index (χ1v) is 5.48. The number of hydrogen-bond acceptors (Lipinski definition) is 2. The van der Waals surface area contributed by atoms with E-state index in [1.54, 1.807) is 0 Å². The van der Waals surface area contributed by atoms with Crippen LogP contribution in [0.25, 0.3) is 0 Å². The molecular weight excluding hydrogens is 203 g/mol. The molecule has 0 heterocycles. The van der Waals surface area contributed by atoms with E-state index in [1.165, 1.54) is 5.56 Å². The Bertz CT molecular complexity index is 332. The van der Waals surface area contributed by atoms with E-state index in [-0.39, 0.29) is 12.6 Å². The fourth-order valence-corrected chi connectivity index (χ4v) is 1.74. The highest BCUT2D eigenvalue weighted by Gasteiger charge is 2.13. The molecule has 0 N–H and O–H groups in total. The highest BCUT2D eigenvalue weighted by molar-refractivity contribution is 5.15. The molecule has 2 nitrogen and oxygen atoms in total. The Labute approximate surface area is 96.3 Å². The summed E-state index contributed by atoms with van der Waals surface area (Å²) in [4.78, 5) is 1.87. The maximum absolute atomic E-state index is 12.3. The zero-order chi connectivity index (χ0) is 11.8. The molecule has 0 radical (unpaired) electrons. The zero-order valence-corrected chi connectivity index (χ0v) is 9.56. The number of alkyl halides is 1. The van der Waals surface area contributed by atoms with Gasteiger partial charge < -0.3 is 0 Å². The van der Waals surface area contributed by atoms with Crippen LogP contribution in [0.4, 0.5) is 4.39 Å². The quantitative estimate of drug-likeness (QED) is 0.688. The van der Waals surface area contributed by atoms with Gasteiger partial charge in [0.1, 0.15) is 6.67 Å². The number of rotatable bonds is 6. The second-order valence-electron chi connectivity index (χ2n) is 3.86. The lowest BCUT2D eigenvalue weighted by Gasteiger charge is -2.25. The van der Waals surface area contributed by atoms with Crippen molar-refractivity contribution in [3.63, 3.8) is 0 Å². The van der Waals surface area contributed by atoms with Gasteiger partial charge in [-0.25, -0.2) is 4.39 Å². The third-order valence-electron chi connectivity index (χ3n) is 2.64. The Kier molecular flexibility index (Phi) is 5.52. The summed E-state index contributed by atoms with van der Waals surface area (Å²) in [6, 6.07) is 12.3. The van der Waals surface area contributed by atoms with Crippen LogP contribution in [0.2, 0.25) is 0 Å². The van der Waals surface area contributed by atoms with Gasteiger partial charge in [-0.05, 0) is 18.9 Å². The molecule has 0 unspecified atom stereocenters. The van der Waals surface area contributed by atoms with Gasteiger partial charge in [-0.1, -0.05) is 30.3 Å². The van der Waals surface area contributed by atoms with Crippen molar-refractivity contribution in [3.8, 4) is 6.07 Å². The Morgan fingerprint density at radius 1 is 1.38 bits per heavy atom. The Morgan fingerprint density at radius 3 is 2.62 bits per heavy atom. The van der Waals surface area contributed by atoms with Crippen molar-refractivity contribution < 1.29 is 4.39 Å². The van der Waals surface area contributed by atoms with Gasteiger partial charge in [0, 0.05) is 12.6 Å². The summed E-state index contributed by atoms with van der Waals surface area (Å²) in [6.07, 6.45) is 0.850. The van der Waals surface area contributed by atoms with Gasteiger partial charge in [0.2, 0.25) is 0 Å². The maximum Gasteiger partial charge on any atom is 0.102 e. The molecule has 0 fully saturated rings. The molecule has 86 valence electrons. The van der Waals surface area contributed by atoms with Crippen LogP contribution in [0.1, 0.15) is 12.5 Å². The van der Waals surface area contributed by atoms with E-state index < -0.39 is 6.67 Å². The van der Waals surface area contributed by atoms with Gasteiger partial charge in [0.05, 0.1) is 12.6 Å². The van der Waals surface area contributed by atoms with Gasteiger partial charge in [-0.15, -0.1) is 0 Å². The first kappa shape index (κ1) is 12.7. The molecule has 0 aromatic heterocycles. The number of nitrogens with zero attached hydrogens (tertiary/aromatic N) is 2. The van der Waals surface area contributed by atoms with E-state index in [2.05, 4.69) is 18.2 Å². The third kappa shape index (κ3) is 4.00. The fraction of sp³-hybridized carbons (Fsp3) is 0.462. The Morgan fingerprint density at radius 2 is 2.06 bits per heavy atom. The second-order valence-corrected chi connectivity index (χ2v) is 3.86. The van der Waals surface area contributed by atoms with Gasteiger partial charge >= 0.3 is 0 Å². The van der Waals surface area contributed by atoms with Gasteiger partial charge in [0.25, 0.3) is 0 Å². The molecule has 0 bridgehead atoms. The molecule has 0 aliphatic carbocycles. The van der Waals surface area contributed by atoms with Crippen molar-refractivity contribution in [2.45, 2.75) is 19.4 Å². The minimum Gasteiger partial charge on any atom is -0.285 e. The van der Waals surface area contributed by atoms with Crippen molar-refractivity contribution in [2.75, 3.05) is 19.8 Å². The summed E-state index contributed by atoms with van der Waals surface area (Å²) >= 11 is 0. The van der Waals surface area contributed by atoms with Crippen LogP contribution in [0, 0.1) is 11.3 Å². The van der Waals surface area contributed by atoms with Gasteiger partial charge in [0.15, 0.2) is 0 Å². The first-order valence-electron chi connectivity index (χ1n) is 5.48. The minimum absolute atomic E-state index is 0.192. The average molecular weight is 220 g/mol. The van der Waals surface area contributed by atoms with Crippen LogP contribution < -0.4 is 0 Å². The predicted molar refractivity (Wildman–Crippen MR) is 62.8 cm³/mol. The molecule has 0 aliphatic rings. The van der Waals surface area contributed by atoms with Crippen molar-refractivity contribution >= 4 is 0 Å². The smallest absolute Gasteiger partial charge is 0.102 e. The molecule has 0 saturated carbocycles. The Balaban J connectivity index is 2.55. The maximum atomic E-state index is 12.3. The first-order chi connectivity index (χ1) is 7.77. The van der Waals surface area contributed by atoms with Crippen molar-refractivity contribution in [2.24, 2.45) is 0 Å². The van der Waals surface area contributed by atoms with E-state index in [4.69, 9.17) is 5.26 Å². The fourth-order valence-electron chi connectivity index (χ4n) is 1.74. The molecule has 1 aromatic rings. The van der Waals surface area contributed by atoms with Crippen molar-refractivity contribution in [1.29, 1.82) is 5.26 Å². The molecular formula is C13H17FN2. The molecule has 3 heteroatoms. The topological polar surface area (TPSA) is 27.0 Å². The van der Waals surface area contributed by atoms with E-state index >= 15 is 0 Å². The molecule has 1 atom stereocenters. The van der Waals surface area contributed by atoms with E-state index in [0.717, 1.165) is 6.42 Å². The van der Waals surface area contributed by atoms with E-state index in [9.17, 15) is 4.39 Å². The number of benzene rings is 1. The van der Waals surface area contributed by atoms with E-state index in [0.29, 0.717) is 6.54 Å². The SMILES string of the molecule is C[C@H](Cc1ccccc1)N(CC#N)CCF. The average Bonchev–Trinajstić information content (AvgIpc) is 2.30.